The lowest BCUT2D eigenvalue weighted by molar-refractivity contribution is -0.143. The first-order valence-electron chi connectivity index (χ1n) is 10.1. The van der Waals surface area contributed by atoms with Crippen LogP contribution in [0.4, 0.5) is 0 Å². The quantitative estimate of drug-likeness (QED) is 0.411. The summed E-state index contributed by atoms with van der Waals surface area (Å²) in [4.78, 5) is 28.8. The normalized spacial score (nSPS) is 10.7. The molecule has 0 aliphatic rings. The molecule has 1 aromatic heterocycles. The van der Waals surface area contributed by atoms with Crippen LogP contribution in [0.25, 0.3) is 11.0 Å². The van der Waals surface area contributed by atoms with Gasteiger partial charge in [0.2, 0.25) is 5.91 Å². The van der Waals surface area contributed by atoms with Crippen molar-refractivity contribution in [2.24, 2.45) is 0 Å². The standard InChI is InChI=1S/C23H27N3O4/c1-3-30-23(28)16-26-20-8-5-4-7-19(20)25-21(26)9-6-14-24-22(27)15-17-10-12-18(29-2)13-11-17/h4-5,7-8,10-13H,3,6,9,14-16H2,1-2H3,(H,24,27). The predicted molar refractivity (Wildman–Crippen MR) is 114 cm³/mol. The number of hydrogen-bond donors (Lipinski definition) is 1. The summed E-state index contributed by atoms with van der Waals surface area (Å²) in [5.41, 5.74) is 2.69. The van der Waals surface area contributed by atoms with Gasteiger partial charge < -0.3 is 19.4 Å². The molecular weight excluding hydrogens is 382 g/mol. The Morgan fingerprint density at radius 3 is 2.60 bits per heavy atom. The fourth-order valence-electron chi connectivity index (χ4n) is 3.29. The van der Waals surface area contributed by atoms with Crippen molar-refractivity contribution in [2.45, 2.75) is 32.7 Å². The van der Waals surface area contributed by atoms with Gasteiger partial charge in [0.15, 0.2) is 0 Å². The van der Waals surface area contributed by atoms with Crippen molar-refractivity contribution in [3.63, 3.8) is 0 Å². The predicted octanol–water partition coefficient (Wildman–Crippen LogP) is 2.90. The number of benzene rings is 2. The molecule has 0 aliphatic carbocycles. The summed E-state index contributed by atoms with van der Waals surface area (Å²) in [6, 6.07) is 15.2. The van der Waals surface area contributed by atoms with Gasteiger partial charge in [-0.05, 0) is 43.2 Å². The zero-order valence-electron chi connectivity index (χ0n) is 17.4. The fourth-order valence-corrected chi connectivity index (χ4v) is 3.29. The molecule has 1 N–H and O–H groups in total. The van der Waals surface area contributed by atoms with E-state index in [1.54, 1.807) is 14.0 Å². The van der Waals surface area contributed by atoms with Crippen molar-refractivity contribution in [3.05, 3.63) is 59.9 Å². The molecule has 0 fully saturated rings. The average Bonchev–Trinajstić information content (AvgIpc) is 3.09. The summed E-state index contributed by atoms with van der Waals surface area (Å²) < 4.78 is 12.1. The molecule has 0 unspecified atom stereocenters. The van der Waals surface area contributed by atoms with Crippen molar-refractivity contribution in [2.75, 3.05) is 20.3 Å². The topological polar surface area (TPSA) is 82.5 Å². The Labute approximate surface area is 176 Å². The molecule has 0 aliphatic heterocycles. The number of fused-ring (bicyclic) bond motifs is 1. The highest BCUT2D eigenvalue weighted by Crippen LogP contribution is 2.17. The van der Waals surface area contributed by atoms with Crippen LogP contribution in [0.5, 0.6) is 5.75 Å². The minimum absolute atomic E-state index is 0.0276. The van der Waals surface area contributed by atoms with E-state index in [0.29, 0.717) is 26.0 Å². The average molecular weight is 409 g/mol. The van der Waals surface area contributed by atoms with Crippen LogP contribution < -0.4 is 10.1 Å². The first-order valence-corrected chi connectivity index (χ1v) is 10.1. The van der Waals surface area contributed by atoms with E-state index in [1.165, 1.54) is 0 Å². The number of rotatable bonds is 10. The van der Waals surface area contributed by atoms with Crippen molar-refractivity contribution < 1.29 is 19.1 Å². The highest BCUT2D eigenvalue weighted by molar-refractivity contribution is 5.79. The number of amides is 1. The molecule has 0 bridgehead atoms. The van der Waals surface area contributed by atoms with Crippen molar-refractivity contribution in [3.8, 4) is 5.75 Å². The number of nitrogens with zero attached hydrogens (tertiary/aromatic N) is 2. The van der Waals surface area contributed by atoms with Crippen LogP contribution in [-0.4, -0.2) is 41.7 Å². The number of imidazole rings is 1. The van der Waals surface area contributed by atoms with Gasteiger partial charge in [0, 0.05) is 13.0 Å². The second-order valence-electron chi connectivity index (χ2n) is 6.89. The molecule has 0 radical (unpaired) electrons. The second kappa shape index (κ2) is 10.4. The lowest BCUT2D eigenvalue weighted by atomic mass is 10.1. The molecule has 0 spiro atoms. The van der Waals surface area contributed by atoms with E-state index >= 15 is 0 Å². The van der Waals surface area contributed by atoms with Gasteiger partial charge in [-0.2, -0.15) is 0 Å². The van der Waals surface area contributed by atoms with Crippen LogP contribution in [0.1, 0.15) is 24.7 Å². The van der Waals surface area contributed by atoms with E-state index in [1.807, 2.05) is 53.1 Å². The molecule has 2 aromatic carbocycles. The van der Waals surface area contributed by atoms with E-state index < -0.39 is 0 Å². The molecule has 3 aromatic rings. The van der Waals surface area contributed by atoms with E-state index in [-0.39, 0.29) is 18.4 Å². The van der Waals surface area contributed by atoms with Gasteiger partial charge >= 0.3 is 5.97 Å². The van der Waals surface area contributed by atoms with Crippen LogP contribution in [0, 0.1) is 0 Å². The summed E-state index contributed by atoms with van der Waals surface area (Å²) >= 11 is 0. The number of aryl methyl sites for hydroxylation is 1. The van der Waals surface area contributed by atoms with Crippen LogP contribution in [-0.2, 0) is 33.7 Å². The van der Waals surface area contributed by atoms with Crippen LogP contribution >= 0.6 is 0 Å². The maximum Gasteiger partial charge on any atom is 0.326 e. The molecule has 1 amide bonds. The molecule has 1 heterocycles. The third-order valence-electron chi connectivity index (χ3n) is 4.75. The Morgan fingerprint density at radius 1 is 1.10 bits per heavy atom. The van der Waals surface area contributed by atoms with Crippen LogP contribution in [0.3, 0.4) is 0 Å². The SMILES string of the molecule is CCOC(=O)Cn1c(CCCNC(=O)Cc2ccc(OC)cc2)nc2ccccc21. The smallest absolute Gasteiger partial charge is 0.326 e. The Kier molecular flexibility index (Phi) is 7.43. The zero-order valence-corrected chi connectivity index (χ0v) is 17.4. The molecule has 158 valence electrons. The number of esters is 1. The van der Waals surface area contributed by atoms with Gasteiger partial charge in [-0.15, -0.1) is 0 Å². The Bertz CT molecular complexity index is 995. The Balaban J connectivity index is 1.54. The van der Waals surface area contributed by atoms with Crippen LogP contribution in [0.15, 0.2) is 48.5 Å². The van der Waals surface area contributed by atoms with E-state index in [0.717, 1.165) is 34.6 Å². The summed E-state index contributed by atoms with van der Waals surface area (Å²) in [6.45, 7) is 2.81. The van der Waals surface area contributed by atoms with Gasteiger partial charge in [-0.3, -0.25) is 9.59 Å². The number of carbonyl (C=O) groups excluding carboxylic acids is 2. The summed E-state index contributed by atoms with van der Waals surface area (Å²) in [5.74, 6) is 1.27. The second-order valence-corrected chi connectivity index (χ2v) is 6.89. The fraction of sp³-hybridized carbons (Fsp3) is 0.348. The summed E-state index contributed by atoms with van der Waals surface area (Å²) in [6.07, 6.45) is 1.70. The molecule has 30 heavy (non-hydrogen) atoms. The lowest BCUT2D eigenvalue weighted by Gasteiger charge is -2.09. The molecule has 0 saturated heterocycles. The number of carbonyl (C=O) groups is 2. The van der Waals surface area contributed by atoms with Gasteiger partial charge in [0.05, 0.1) is 31.2 Å². The Hall–Kier alpha value is -3.35. The number of ether oxygens (including phenoxy) is 2. The minimum atomic E-state index is -0.283. The lowest BCUT2D eigenvalue weighted by Crippen LogP contribution is -2.26. The number of aromatic nitrogens is 2. The monoisotopic (exact) mass is 409 g/mol. The van der Waals surface area contributed by atoms with Crippen molar-refractivity contribution in [1.29, 1.82) is 0 Å². The van der Waals surface area contributed by atoms with E-state index in [4.69, 9.17) is 9.47 Å². The summed E-state index contributed by atoms with van der Waals surface area (Å²) in [5, 5.41) is 2.95. The molecule has 0 atom stereocenters. The Morgan fingerprint density at radius 2 is 1.87 bits per heavy atom. The van der Waals surface area contributed by atoms with E-state index in [2.05, 4.69) is 10.3 Å². The van der Waals surface area contributed by atoms with E-state index in [9.17, 15) is 9.59 Å². The van der Waals surface area contributed by atoms with Crippen molar-refractivity contribution >= 4 is 22.9 Å². The highest BCUT2D eigenvalue weighted by Gasteiger charge is 2.14. The van der Waals surface area contributed by atoms with Gasteiger partial charge in [0.1, 0.15) is 18.1 Å². The number of para-hydroxylation sites is 2. The molecule has 7 heteroatoms. The maximum absolute atomic E-state index is 12.2. The molecular formula is C23H27N3O4. The summed E-state index contributed by atoms with van der Waals surface area (Å²) in [7, 11) is 1.61. The minimum Gasteiger partial charge on any atom is -0.497 e. The maximum atomic E-state index is 12.2. The third-order valence-corrected chi connectivity index (χ3v) is 4.75. The number of nitrogens with one attached hydrogen (secondary N) is 1. The largest absolute Gasteiger partial charge is 0.497 e. The molecule has 7 nitrogen and oxygen atoms in total. The van der Waals surface area contributed by atoms with Crippen LogP contribution in [0.2, 0.25) is 0 Å². The number of methoxy groups -OCH3 is 1. The first-order chi connectivity index (χ1) is 14.6. The molecule has 3 rings (SSSR count). The molecule has 0 saturated carbocycles. The zero-order chi connectivity index (χ0) is 21.3. The van der Waals surface area contributed by atoms with Gasteiger partial charge in [-0.25, -0.2) is 4.98 Å². The highest BCUT2D eigenvalue weighted by atomic mass is 16.5. The number of hydrogen-bond acceptors (Lipinski definition) is 5. The van der Waals surface area contributed by atoms with Gasteiger partial charge in [-0.1, -0.05) is 24.3 Å². The van der Waals surface area contributed by atoms with Crippen molar-refractivity contribution in [1.82, 2.24) is 14.9 Å². The first kappa shape index (κ1) is 21.4. The third kappa shape index (κ3) is 5.59. The van der Waals surface area contributed by atoms with Gasteiger partial charge in [0.25, 0.3) is 0 Å².